The SMILES string of the molecule is CCOc1ccc(-c2noc(C3=C(C)N(Cc4ccccc4)C(=O)NC3c3ccccc3)n2)cc1. The van der Waals surface area contributed by atoms with Crippen LogP contribution in [0.1, 0.15) is 36.9 Å². The minimum absolute atomic E-state index is 0.171. The van der Waals surface area contributed by atoms with Gasteiger partial charge < -0.3 is 14.6 Å². The number of hydrogen-bond acceptors (Lipinski definition) is 5. The molecule has 0 saturated carbocycles. The van der Waals surface area contributed by atoms with Gasteiger partial charge in [0.25, 0.3) is 5.89 Å². The molecular formula is C28H26N4O3. The van der Waals surface area contributed by atoms with E-state index in [1.807, 2.05) is 98.8 Å². The van der Waals surface area contributed by atoms with Crippen LogP contribution in [0.3, 0.4) is 0 Å². The van der Waals surface area contributed by atoms with Gasteiger partial charge in [-0.2, -0.15) is 4.98 Å². The third kappa shape index (κ3) is 4.66. The molecule has 7 nitrogen and oxygen atoms in total. The van der Waals surface area contributed by atoms with Crippen molar-refractivity contribution >= 4 is 11.6 Å². The molecule has 2 amide bonds. The molecule has 35 heavy (non-hydrogen) atoms. The average Bonchev–Trinajstić information content (AvgIpc) is 3.38. The fraction of sp³-hybridized carbons (Fsp3) is 0.179. The second kappa shape index (κ2) is 9.85. The van der Waals surface area contributed by atoms with Gasteiger partial charge in [-0.15, -0.1) is 0 Å². The first-order valence-electron chi connectivity index (χ1n) is 11.6. The zero-order valence-electron chi connectivity index (χ0n) is 19.6. The van der Waals surface area contributed by atoms with Crippen molar-refractivity contribution in [1.82, 2.24) is 20.4 Å². The molecule has 0 bridgehead atoms. The summed E-state index contributed by atoms with van der Waals surface area (Å²) in [6, 6.07) is 26.7. The summed E-state index contributed by atoms with van der Waals surface area (Å²) in [6.45, 7) is 4.91. The highest BCUT2D eigenvalue weighted by molar-refractivity contribution is 5.86. The Labute approximate surface area is 204 Å². The maximum Gasteiger partial charge on any atom is 0.322 e. The van der Waals surface area contributed by atoms with Crippen molar-refractivity contribution in [3.63, 3.8) is 0 Å². The lowest BCUT2D eigenvalue weighted by molar-refractivity contribution is 0.203. The maximum absolute atomic E-state index is 13.2. The number of aromatic nitrogens is 2. The van der Waals surface area contributed by atoms with Crippen molar-refractivity contribution < 1.29 is 14.1 Å². The molecule has 7 heteroatoms. The quantitative estimate of drug-likeness (QED) is 0.370. The van der Waals surface area contributed by atoms with E-state index in [0.717, 1.165) is 33.7 Å². The number of amides is 2. The molecule has 1 aliphatic rings. The van der Waals surface area contributed by atoms with Crippen molar-refractivity contribution in [2.24, 2.45) is 0 Å². The number of carbonyl (C=O) groups excluding carboxylic acids is 1. The zero-order chi connectivity index (χ0) is 24.2. The normalized spacial score (nSPS) is 15.8. The van der Waals surface area contributed by atoms with Crippen LogP contribution in [-0.4, -0.2) is 27.7 Å². The Morgan fingerprint density at radius 3 is 2.34 bits per heavy atom. The van der Waals surface area contributed by atoms with Crippen LogP contribution in [0, 0.1) is 0 Å². The highest BCUT2D eigenvalue weighted by atomic mass is 16.5. The standard InChI is InChI=1S/C28H26N4O3/c1-3-34-23-16-14-22(15-17-23)26-30-27(35-31-26)24-19(2)32(18-20-10-6-4-7-11-20)28(33)29-25(24)21-12-8-5-9-13-21/h4-17,25H,3,18H2,1-2H3,(H,29,33). The molecule has 3 aromatic carbocycles. The van der Waals surface area contributed by atoms with Crippen molar-refractivity contribution in [2.75, 3.05) is 6.61 Å². The molecule has 1 atom stereocenters. The number of benzene rings is 3. The van der Waals surface area contributed by atoms with Crippen LogP contribution in [0.15, 0.2) is 95.1 Å². The predicted octanol–water partition coefficient (Wildman–Crippen LogP) is 5.83. The highest BCUT2D eigenvalue weighted by Crippen LogP contribution is 2.37. The Hall–Kier alpha value is -4.39. The minimum atomic E-state index is -0.413. The van der Waals surface area contributed by atoms with E-state index < -0.39 is 6.04 Å². The van der Waals surface area contributed by atoms with E-state index in [-0.39, 0.29) is 6.03 Å². The van der Waals surface area contributed by atoms with Crippen LogP contribution in [0.5, 0.6) is 5.75 Å². The molecule has 1 N–H and O–H groups in total. The zero-order valence-corrected chi connectivity index (χ0v) is 19.6. The number of hydrogen-bond donors (Lipinski definition) is 1. The van der Waals surface area contributed by atoms with Gasteiger partial charge in [-0.25, -0.2) is 4.79 Å². The Bertz CT molecular complexity index is 1330. The first kappa shape index (κ1) is 22.4. The summed E-state index contributed by atoms with van der Waals surface area (Å²) in [7, 11) is 0. The monoisotopic (exact) mass is 466 g/mol. The van der Waals surface area contributed by atoms with E-state index in [2.05, 4.69) is 10.5 Å². The van der Waals surface area contributed by atoms with Crippen LogP contribution < -0.4 is 10.1 Å². The van der Waals surface area contributed by atoms with Crippen LogP contribution in [-0.2, 0) is 6.54 Å². The highest BCUT2D eigenvalue weighted by Gasteiger charge is 2.35. The van der Waals surface area contributed by atoms with Gasteiger partial charge in [0, 0.05) is 11.3 Å². The van der Waals surface area contributed by atoms with E-state index in [1.165, 1.54) is 0 Å². The Kier molecular flexibility index (Phi) is 6.30. The van der Waals surface area contributed by atoms with Crippen molar-refractivity contribution in [3.05, 3.63) is 108 Å². The molecule has 176 valence electrons. The number of nitrogens with one attached hydrogen (secondary N) is 1. The Balaban J connectivity index is 1.55. The first-order valence-corrected chi connectivity index (χ1v) is 11.6. The summed E-state index contributed by atoms with van der Waals surface area (Å²) < 4.78 is 11.3. The smallest absolute Gasteiger partial charge is 0.322 e. The van der Waals surface area contributed by atoms with Gasteiger partial charge in [0.2, 0.25) is 5.82 Å². The summed E-state index contributed by atoms with van der Waals surface area (Å²) in [6.07, 6.45) is 0. The number of rotatable bonds is 7. The van der Waals surface area contributed by atoms with Gasteiger partial charge in [0.05, 0.1) is 24.8 Å². The number of nitrogens with zero attached hydrogens (tertiary/aromatic N) is 3. The maximum atomic E-state index is 13.2. The third-order valence-corrected chi connectivity index (χ3v) is 5.99. The molecule has 0 radical (unpaired) electrons. The molecule has 0 fully saturated rings. The van der Waals surface area contributed by atoms with E-state index >= 15 is 0 Å². The van der Waals surface area contributed by atoms with Gasteiger partial charge in [0.15, 0.2) is 0 Å². The average molecular weight is 467 g/mol. The summed E-state index contributed by atoms with van der Waals surface area (Å²) in [5.41, 5.74) is 4.33. The van der Waals surface area contributed by atoms with Gasteiger partial charge >= 0.3 is 6.03 Å². The molecule has 1 aromatic heterocycles. The largest absolute Gasteiger partial charge is 0.494 e. The second-order valence-electron chi connectivity index (χ2n) is 8.24. The fourth-order valence-corrected chi connectivity index (χ4v) is 4.23. The number of allylic oxidation sites excluding steroid dienone is 1. The predicted molar refractivity (Wildman–Crippen MR) is 133 cm³/mol. The number of carbonyl (C=O) groups is 1. The molecule has 0 spiro atoms. The summed E-state index contributed by atoms with van der Waals surface area (Å²) in [5.74, 6) is 1.63. The van der Waals surface area contributed by atoms with Crippen LogP contribution in [0.2, 0.25) is 0 Å². The molecule has 5 rings (SSSR count). The van der Waals surface area contributed by atoms with Gasteiger partial charge in [-0.1, -0.05) is 65.8 Å². The van der Waals surface area contributed by atoms with E-state index in [9.17, 15) is 4.79 Å². The molecule has 1 aliphatic heterocycles. The van der Waals surface area contributed by atoms with Crippen LogP contribution in [0.4, 0.5) is 4.79 Å². The lowest BCUT2D eigenvalue weighted by atomic mass is 9.94. The lowest BCUT2D eigenvalue weighted by Crippen LogP contribution is -2.45. The lowest BCUT2D eigenvalue weighted by Gasteiger charge is -2.35. The van der Waals surface area contributed by atoms with Gasteiger partial charge in [-0.3, -0.25) is 4.90 Å². The Morgan fingerprint density at radius 1 is 0.971 bits per heavy atom. The van der Waals surface area contributed by atoms with Gasteiger partial charge in [0.1, 0.15) is 5.75 Å². The fourth-order valence-electron chi connectivity index (χ4n) is 4.23. The van der Waals surface area contributed by atoms with Crippen molar-refractivity contribution in [3.8, 4) is 17.1 Å². The molecule has 0 saturated heterocycles. The molecule has 2 heterocycles. The molecule has 1 unspecified atom stereocenters. The summed E-state index contributed by atoms with van der Waals surface area (Å²) in [4.78, 5) is 19.6. The van der Waals surface area contributed by atoms with Crippen LogP contribution >= 0.6 is 0 Å². The first-order chi connectivity index (χ1) is 17.1. The summed E-state index contributed by atoms with van der Waals surface area (Å²) in [5, 5.41) is 7.37. The topological polar surface area (TPSA) is 80.5 Å². The van der Waals surface area contributed by atoms with Gasteiger partial charge in [-0.05, 0) is 49.2 Å². The number of ether oxygens (including phenoxy) is 1. The third-order valence-electron chi connectivity index (χ3n) is 5.99. The van der Waals surface area contributed by atoms with E-state index in [0.29, 0.717) is 24.9 Å². The minimum Gasteiger partial charge on any atom is -0.494 e. The van der Waals surface area contributed by atoms with Crippen LogP contribution in [0.25, 0.3) is 17.0 Å². The molecular weight excluding hydrogens is 440 g/mol. The number of urea groups is 1. The Morgan fingerprint density at radius 2 is 1.66 bits per heavy atom. The van der Waals surface area contributed by atoms with Crippen molar-refractivity contribution in [1.29, 1.82) is 0 Å². The second-order valence-corrected chi connectivity index (χ2v) is 8.24. The molecule has 4 aromatic rings. The van der Waals surface area contributed by atoms with E-state index in [1.54, 1.807) is 4.90 Å². The van der Waals surface area contributed by atoms with E-state index in [4.69, 9.17) is 14.2 Å². The van der Waals surface area contributed by atoms with Crippen molar-refractivity contribution in [2.45, 2.75) is 26.4 Å². The molecule has 0 aliphatic carbocycles. The summed E-state index contributed by atoms with van der Waals surface area (Å²) >= 11 is 0.